The number of hydrogen-bond acceptors (Lipinski definition) is 2. The minimum absolute atomic E-state index is 0.386. The van der Waals surface area contributed by atoms with Crippen molar-refractivity contribution < 1.29 is 5.11 Å². The average Bonchev–Trinajstić information content (AvgIpc) is 2.19. The molecule has 0 saturated carbocycles. The molecule has 0 heterocycles. The van der Waals surface area contributed by atoms with Crippen LogP contribution in [0.5, 0.6) is 5.75 Å². The molecule has 0 unspecified atom stereocenters. The van der Waals surface area contributed by atoms with Gasteiger partial charge in [0.25, 0.3) is 0 Å². The fourth-order valence-corrected chi connectivity index (χ4v) is 1.73. The third-order valence-electron chi connectivity index (χ3n) is 2.76. The summed E-state index contributed by atoms with van der Waals surface area (Å²) in [7, 11) is 0. The zero-order valence-electron chi connectivity index (χ0n) is 9.46. The van der Waals surface area contributed by atoms with E-state index in [1.54, 1.807) is 6.07 Å². The van der Waals surface area contributed by atoms with Crippen molar-refractivity contribution in [3.63, 3.8) is 0 Å². The molecule has 1 aromatic carbocycles. The molecule has 0 fully saturated rings. The first kappa shape index (κ1) is 10.9. The third kappa shape index (κ3) is 1.84. The van der Waals surface area contributed by atoms with Crippen LogP contribution in [-0.2, 0) is 0 Å². The van der Waals surface area contributed by atoms with E-state index in [4.69, 9.17) is 0 Å². The van der Waals surface area contributed by atoms with Crippen molar-refractivity contribution in [3.05, 3.63) is 23.3 Å². The second-order valence-electron chi connectivity index (χ2n) is 3.55. The molecule has 0 saturated heterocycles. The minimum Gasteiger partial charge on any atom is -0.506 e. The van der Waals surface area contributed by atoms with Gasteiger partial charge in [0.1, 0.15) is 5.75 Å². The minimum atomic E-state index is 0.386. The van der Waals surface area contributed by atoms with Crippen molar-refractivity contribution in [1.82, 2.24) is 0 Å². The Balaban J connectivity index is 3.23. The van der Waals surface area contributed by atoms with E-state index < -0.39 is 0 Å². The lowest BCUT2D eigenvalue weighted by Crippen LogP contribution is -2.23. The Bertz CT molecular complexity index is 316. The lowest BCUT2D eigenvalue weighted by atomic mass is 10.1. The van der Waals surface area contributed by atoms with Crippen LogP contribution < -0.4 is 4.90 Å². The number of rotatable bonds is 3. The maximum Gasteiger partial charge on any atom is 0.139 e. The normalized spacial score (nSPS) is 10.3. The van der Waals surface area contributed by atoms with Crippen LogP contribution >= 0.6 is 0 Å². The van der Waals surface area contributed by atoms with Crippen LogP contribution in [0.2, 0.25) is 0 Å². The van der Waals surface area contributed by atoms with Crippen LogP contribution in [0.4, 0.5) is 5.69 Å². The number of hydrogen-bond donors (Lipinski definition) is 1. The molecule has 0 atom stereocenters. The van der Waals surface area contributed by atoms with Gasteiger partial charge < -0.3 is 10.0 Å². The summed E-state index contributed by atoms with van der Waals surface area (Å²) < 4.78 is 0. The molecule has 2 heteroatoms. The smallest absolute Gasteiger partial charge is 0.139 e. The molecule has 0 aliphatic rings. The van der Waals surface area contributed by atoms with Gasteiger partial charge in [-0.25, -0.2) is 0 Å². The Kier molecular flexibility index (Phi) is 3.39. The summed E-state index contributed by atoms with van der Waals surface area (Å²) in [4.78, 5) is 2.18. The van der Waals surface area contributed by atoms with Gasteiger partial charge in [-0.15, -0.1) is 0 Å². The van der Waals surface area contributed by atoms with Gasteiger partial charge in [-0.2, -0.15) is 0 Å². The van der Waals surface area contributed by atoms with Crippen LogP contribution in [-0.4, -0.2) is 18.2 Å². The molecule has 0 aliphatic carbocycles. The monoisotopic (exact) mass is 193 g/mol. The lowest BCUT2D eigenvalue weighted by Gasteiger charge is -2.25. The standard InChI is InChI=1S/C12H19NO/c1-5-13(6-2)12-10(4)9(3)7-8-11(12)14/h7-8,14H,5-6H2,1-4H3. The molecule has 1 aromatic rings. The van der Waals surface area contributed by atoms with Crippen molar-refractivity contribution in [2.75, 3.05) is 18.0 Å². The van der Waals surface area contributed by atoms with Crippen LogP contribution in [0.25, 0.3) is 0 Å². The van der Waals surface area contributed by atoms with Crippen molar-refractivity contribution in [3.8, 4) is 5.75 Å². The Labute approximate surface area is 86.2 Å². The van der Waals surface area contributed by atoms with E-state index in [-0.39, 0.29) is 0 Å². The highest BCUT2D eigenvalue weighted by molar-refractivity contribution is 5.64. The van der Waals surface area contributed by atoms with Gasteiger partial charge in [-0.3, -0.25) is 0 Å². The van der Waals surface area contributed by atoms with Gasteiger partial charge in [0.05, 0.1) is 5.69 Å². The number of nitrogens with zero attached hydrogens (tertiary/aromatic N) is 1. The highest BCUT2D eigenvalue weighted by atomic mass is 16.3. The number of aryl methyl sites for hydroxylation is 1. The zero-order chi connectivity index (χ0) is 10.7. The maximum absolute atomic E-state index is 9.81. The summed E-state index contributed by atoms with van der Waals surface area (Å²) in [5.41, 5.74) is 3.38. The fourth-order valence-electron chi connectivity index (χ4n) is 1.73. The van der Waals surface area contributed by atoms with E-state index in [9.17, 15) is 5.11 Å². The van der Waals surface area contributed by atoms with E-state index in [0.717, 1.165) is 18.8 Å². The van der Waals surface area contributed by atoms with Gasteiger partial charge in [0.15, 0.2) is 0 Å². The number of phenols is 1. The zero-order valence-corrected chi connectivity index (χ0v) is 9.46. The van der Waals surface area contributed by atoms with Crippen molar-refractivity contribution in [2.45, 2.75) is 27.7 Å². The summed E-state index contributed by atoms with van der Waals surface area (Å²) >= 11 is 0. The van der Waals surface area contributed by atoms with Crippen LogP contribution in [0.3, 0.4) is 0 Å². The molecule has 1 rings (SSSR count). The van der Waals surface area contributed by atoms with Crippen LogP contribution in [0.15, 0.2) is 12.1 Å². The van der Waals surface area contributed by atoms with E-state index in [1.807, 2.05) is 6.07 Å². The highest BCUT2D eigenvalue weighted by Gasteiger charge is 2.11. The molecule has 14 heavy (non-hydrogen) atoms. The average molecular weight is 193 g/mol. The van der Waals surface area contributed by atoms with Crippen molar-refractivity contribution in [1.29, 1.82) is 0 Å². The first-order valence-electron chi connectivity index (χ1n) is 5.15. The van der Waals surface area contributed by atoms with Crippen molar-refractivity contribution >= 4 is 5.69 Å². The fraction of sp³-hybridized carbons (Fsp3) is 0.500. The molecule has 2 nitrogen and oxygen atoms in total. The number of benzene rings is 1. The highest BCUT2D eigenvalue weighted by Crippen LogP contribution is 2.32. The molecular formula is C12H19NO. The van der Waals surface area contributed by atoms with Crippen LogP contribution in [0.1, 0.15) is 25.0 Å². The summed E-state index contributed by atoms with van der Waals surface area (Å²) in [5, 5.41) is 9.81. The molecule has 78 valence electrons. The van der Waals surface area contributed by atoms with Gasteiger partial charge in [0, 0.05) is 13.1 Å². The van der Waals surface area contributed by atoms with Gasteiger partial charge in [0.2, 0.25) is 0 Å². The van der Waals surface area contributed by atoms with Gasteiger partial charge >= 0.3 is 0 Å². The summed E-state index contributed by atoms with van der Waals surface area (Å²) in [6.45, 7) is 10.2. The second kappa shape index (κ2) is 4.36. The lowest BCUT2D eigenvalue weighted by molar-refractivity contribution is 0.473. The summed E-state index contributed by atoms with van der Waals surface area (Å²) in [6.07, 6.45) is 0. The molecule has 0 spiro atoms. The molecule has 0 aliphatic heterocycles. The molecule has 1 N–H and O–H groups in total. The molecule has 0 aromatic heterocycles. The molecule has 0 amide bonds. The first-order valence-corrected chi connectivity index (χ1v) is 5.15. The Morgan fingerprint density at radius 2 is 1.71 bits per heavy atom. The predicted molar refractivity (Wildman–Crippen MR) is 61.1 cm³/mol. The van der Waals surface area contributed by atoms with E-state index >= 15 is 0 Å². The number of phenolic OH excluding ortho intramolecular Hbond substituents is 1. The summed E-state index contributed by atoms with van der Waals surface area (Å²) in [6, 6.07) is 3.73. The summed E-state index contributed by atoms with van der Waals surface area (Å²) in [5.74, 6) is 0.386. The van der Waals surface area contributed by atoms with Gasteiger partial charge in [-0.05, 0) is 44.9 Å². The largest absolute Gasteiger partial charge is 0.506 e. The molecule has 0 bridgehead atoms. The SMILES string of the molecule is CCN(CC)c1c(O)ccc(C)c1C. The maximum atomic E-state index is 9.81. The van der Waals surface area contributed by atoms with Crippen LogP contribution in [0, 0.1) is 13.8 Å². The number of anilines is 1. The van der Waals surface area contributed by atoms with E-state index in [1.165, 1.54) is 11.1 Å². The van der Waals surface area contributed by atoms with E-state index in [2.05, 4.69) is 32.6 Å². The number of aromatic hydroxyl groups is 1. The second-order valence-corrected chi connectivity index (χ2v) is 3.55. The predicted octanol–water partition coefficient (Wildman–Crippen LogP) is 2.86. The third-order valence-corrected chi connectivity index (χ3v) is 2.76. The van der Waals surface area contributed by atoms with Gasteiger partial charge in [-0.1, -0.05) is 6.07 Å². The quantitative estimate of drug-likeness (QED) is 0.798. The first-order chi connectivity index (χ1) is 6.61. The Morgan fingerprint density at radius 1 is 1.14 bits per heavy atom. The topological polar surface area (TPSA) is 23.5 Å². The van der Waals surface area contributed by atoms with Crippen molar-refractivity contribution in [2.24, 2.45) is 0 Å². The molecular weight excluding hydrogens is 174 g/mol. The molecule has 0 radical (unpaired) electrons. The Morgan fingerprint density at radius 3 is 2.21 bits per heavy atom. The van der Waals surface area contributed by atoms with E-state index in [0.29, 0.717) is 5.75 Å². The Hall–Kier alpha value is -1.18.